The van der Waals surface area contributed by atoms with Gasteiger partial charge in [-0.1, -0.05) is 43.5 Å². The van der Waals surface area contributed by atoms with Crippen LogP contribution in [0, 0.1) is 0 Å². The molecule has 0 bridgehead atoms. The average molecular weight is 469 g/mol. The molecule has 0 spiro atoms. The van der Waals surface area contributed by atoms with Gasteiger partial charge < -0.3 is 44.8 Å². The van der Waals surface area contributed by atoms with Crippen LogP contribution in [0.25, 0.3) is 0 Å². The molecule has 2 aliphatic heterocycles. The van der Waals surface area contributed by atoms with Crippen LogP contribution in [0.2, 0.25) is 0 Å². The van der Waals surface area contributed by atoms with Crippen LogP contribution in [0.5, 0.6) is 0 Å². The predicted octanol–water partition coefficient (Wildman–Crippen LogP) is 0.103. The first-order valence-electron chi connectivity index (χ1n) is 11.9. The SMILES string of the molecule is OCC1CC(O)C(O)C(OC2C(O)C(CO)OC(c3cccc(C4CCCCC4)c3)C2O)O1. The Morgan fingerprint density at radius 2 is 1.58 bits per heavy atom. The Kier molecular flexibility index (Phi) is 8.37. The molecule has 3 aliphatic rings. The van der Waals surface area contributed by atoms with Crippen LogP contribution >= 0.6 is 0 Å². The van der Waals surface area contributed by atoms with Crippen LogP contribution in [0.15, 0.2) is 24.3 Å². The summed E-state index contributed by atoms with van der Waals surface area (Å²) < 4.78 is 17.2. The van der Waals surface area contributed by atoms with Crippen molar-refractivity contribution in [3.05, 3.63) is 35.4 Å². The van der Waals surface area contributed by atoms with E-state index >= 15 is 0 Å². The summed E-state index contributed by atoms with van der Waals surface area (Å²) in [6.07, 6.45) is -4.72. The fourth-order valence-corrected chi connectivity index (χ4v) is 5.25. The molecule has 1 saturated carbocycles. The zero-order chi connectivity index (χ0) is 23.5. The van der Waals surface area contributed by atoms with E-state index in [-0.39, 0.29) is 13.0 Å². The second-order valence-corrected chi connectivity index (χ2v) is 9.47. The van der Waals surface area contributed by atoms with E-state index < -0.39 is 61.7 Å². The number of hydrogen-bond acceptors (Lipinski definition) is 9. The maximum absolute atomic E-state index is 11.1. The fourth-order valence-electron chi connectivity index (χ4n) is 5.25. The zero-order valence-corrected chi connectivity index (χ0v) is 18.6. The minimum atomic E-state index is -1.42. The van der Waals surface area contributed by atoms with E-state index in [9.17, 15) is 30.6 Å². The summed E-state index contributed by atoms with van der Waals surface area (Å²) in [6, 6.07) is 7.83. The Bertz CT molecular complexity index is 755. The van der Waals surface area contributed by atoms with E-state index in [0.29, 0.717) is 11.5 Å². The Balaban J connectivity index is 1.55. The van der Waals surface area contributed by atoms with Gasteiger partial charge in [-0.25, -0.2) is 0 Å². The highest BCUT2D eigenvalue weighted by Crippen LogP contribution is 2.38. The molecular formula is C24H36O9. The van der Waals surface area contributed by atoms with Crippen LogP contribution in [0.4, 0.5) is 0 Å². The van der Waals surface area contributed by atoms with Crippen LogP contribution in [0.3, 0.4) is 0 Å². The third-order valence-corrected chi connectivity index (χ3v) is 7.18. The van der Waals surface area contributed by atoms with Crippen molar-refractivity contribution < 1.29 is 44.8 Å². The highest BCUT2D eigenvalue weighted by atomic mass is 16.7. The van der Waals surface area contributed by atoms with Crippen molar-refractivity contribution in [3.63, 3.8) is 0 Å². The van der Waals surface area contributed by atoms with E-state index in [4.69, 9.17) is 14.2 Å². The van der Waals surface area contributed by atoms with E-state index in [2.05, 4.69) is 6.07 Å². The van der Waals surface area contributed by atoms with E-state index in [1.807, 2.05) is 18.2 Å². The van der Waals surface area contributed by atoms with Gasteiger partial charge in [0.2, 0.25) is 0 Å². The minimum Gasteiger partial charge on any atom is -0.394 e. The van der Waals surface area contributed by atoms with Crippen LogP contribution in [-0.4, -0.2) is 92.9 Å². The molecule has 1 aromatic carbocycles. The summed E-state index contributed by atoms with van der Waals surface area (Å²) in [7, 11) is 0. The molecule has 2 saturated heterocycles. The predicted molar refractivity (Wildman–Crippen MR) is 116 cm³/mol. The summed E-state index contributed by atoms with van der Waals surface area (Å²) in [5.41, 5.74) is 1.88. The van der Waals surface area contributed by atoms with Gasteiger partial charge in [-0.2, -0.15) is 0 Å². The molecular weight excluding hydrogens is 432 g/mol. The summed E-state index contributed by atoms with van der Waals surface area (Å²) in [5.74, 6) is 0.452. The largest absolute Gasteiger partial charge is 0.394 e. The maximum atomic E-state index is 11.1. The first-order chi connectivity index (χ1) is 15.9. The highest BCUT2D eigenvalue weighted by Gasteiger charge is 2.49. The molecule has 0 radical (unpaired) electrons. The second-order valence-electron chi connectivity index (χ2n) is 9.47. The van der Waals surface area contributed by atoms with Crippen molar-refractivity contribution in [2.24, 2.45) is 0 Å². The van der Waals surface area contributed by atoms with Crippen LogP contribution in [-0.2, 0) is 14.2 Å². The van der Waals surface area contributed by atoms with Gasteiger partial charge in [0.05, 0.1) is 25.4 Å². The molecule has 9 atom stereocenters. The third-order valence-electron chi connectivity index (χ3n) is 7.18. The number of hydrogen-bond donors (Lipinski definition) is 6. The van der Waals surface area contributed by atoms with Crippen LogP contribution < -0.4 is 0 Å². The summed E-state index contributed by atoms with van der Waals surface area (Å²) in [5, 5.41) is 61.4. The topological polar surface area (TPSA) is 149 Å². The molecule has 186 valence electrons. The lowest BCUT2D eigenvalue weighted by atomic mass is 9.82. The standard InChI is InChI=1S/C24H36O9/c25-11-16-10-17(27)19(28)24(31-16)33-23-20(29)18(12-26)32-22(21(23)30)15-8-4-7-14(9-15)13-5-2-1-3-6-13/h4,7-9,13,16-30H,1-3,5-6,10-12H2. The molecule has 33 heavy (non-hydrogen) atoms. The van der Waals surface area contributed by atoms with Gasteiger partial charge in [-0.05, 0) is 29.9 Å². The summed E-state index contributed by atoms with van der Waals surface area (Å²) in [4.78, 5) is 0. The first-order valence-corrected chi connectivity index (χ1v) is 11.9. The lowest BCUT2D eigenvalue weighted by Crippen LogP contribution is -2.60. The van der Waals surface area contributed by atoms with Gasteiger partial charge in [0.1, 0.15) is 36.6 Å². The molecule has 6 N–H and O–H groups in total. The molecule has 9 unspecified atom stereocenters. The van der Waals surface area contributed by atoms with Crippen molar-refractivity contribution in [3.8, 4) is 0 Å². The molecule has 1 aromatic rings. The molecule has 1 aliphatic carbocycles. The molecule has 3 fully saturated rings. The smallest absolute Gasteiger partial charge is 0.186 e. The lowest BCUT2D eigenvalue weighted by molar-refractivity contribution is -0.327. The molecule has 0 aromatic heterocycles. The van der Waals surface area contributed by atoms with Gasteiger partial charge in [0, 0.05) is 6.42 Å². The van der Waals surface area contributed by atoms with Crippen molar-refractivity contribution in [1.29, 1.82) is 0 Å². The Hall–Kier alpha value is -1.14. The lowest BCUT2D eigenvalue weighted by Gasteiger charge is -2.45. The molecule has 2 heterocycles. The van der Waals surface area contributed by atoms with E-state index in [1.165, 1.54) is 24.8 Å². The monoisotopic (exact) mass is 468 g/mol. The first kappa shape index (κ1) is 25.0. The summed E-state index contributed by atoms with van der Waals surface area (Å²) in [6.45, 7) is -0.874. The van der Waals surface area contributed by atoms with Gasteiger partial charge in [0.25, 0.3) is 0 Å². The number of aliphatic hydroxyl groups excluding tert-OH is 6. The minimum absolute atomic E-state index is 0.0340. The van der Waals surface area contributed by atoms with E-state index in [1.54, 1.807) is 0 Å². The Morgan fingerprint density at radius 1 is 0.848 bits per heavy atom. The van der Waals surface area contributed by atoms with Crippen molar-refractivity contribution in [2.45, 2.75) is 99.6 Å². The quantitative estimate of drug-likeness (QED) is 0.342. The normalized spacial score (nSPS) is 40.6. The van der Waals surface area contributed by atoms with Gasteiger partial charge >= 0.3 is 0 Å². The fraction of sp³-hybridized carbons (Fsp3) is 0.750. The third kappa shape index (κ3) is 5.42. The van der Waals surface area contributed by atoms with Crippen LogP contribution in [0.1, 0.15) is 61.7 Å². The number of aliphatic hydroxyl groups is 6. The van der Waals surface area contributed by atoms with Crippen molar-refractivity contribution in [2.75, 3.05) is 13.2 Å². The summed E-state index contributed by atoms with van der Waals surface area (Å²) >= 11 is 0. The molecule has 9 heteroatoms. The van der Waals surface area contributed by atoms with Gasteiger partial charge in [-0.3, -0.25) is 0 Å². The zero-order valence-electron chi connectivity index (χ0n) is 18.6. The number of benzene rings is 1. The maximum Gasteiger partial charge on any atom is 0.186 e. The Labute approximate surface area is 193 Å². The molecule has 4 rings (SSSR count). The van der Waals surface area contributed by atoms with Crippen molar-refractivity contribution >= 4 is 0 Å². The number of ether oxygens (including phenoxy) is 3. The molecule has 9 nitrogen and oxygen atoms in total. The van der Waals surface area contributed by atoms with Crippen molar-refractivity contribution in [1.82, 2.24) is 0 Å². The second kappa shape index (κ2) is 11.1. The van der Waals surface area contributed by atoms with Gasteiger partial charge in [0.15, 0.2) is 6.29 Å². The average Bonchev–Trinajstić information content (AvgIpc) is 2.85. The molecule has 0 amide bonds. The number of rotatable bonds is 6. The van der Waals surface area contributed by atoms with Gasteiger partial charge in [-0.15, -0.1) is 0 Å². The highest BCUT2D eigenvalue weighted by molar-refractivity contribution is 5.29. The Morgan fingerprint density at radius 3 is 2.27 bits per heavy atom. The van der Waals surface area contributed by atoms with E-state index in [0.717, 1.165) is 12.8 Å².